The van der Waals surface area contributed by atoms with E-state index in [2.05, 4.69) is 10.6 Å². The van der Waals surface area contributed by atoms with Gasteiger partial charge in [0.2, 0.25) is 0 Å². The number of hydrogen-bond donors (Lipinski definition) is 3. The predicted molar refractivity (Wildman–Crippen MR) is 60.9 cm³/mol. The quantitative estimate of drug-likeness (QED) is 0.653. The molecule has 0 bridgehead atoms. The average molecular weight is 302 g/mol. The van der Waals surface area contributed by atoms with Gasteiger partial charge in [-0.15, -0.1) is 0 Å². The Morgan fingerprint density at radius 3 is 2.58 bits per heavy atom. The second-order valence-electron chi connectivity index (χ2n) is 3.86. The molecule has 110 valence electrons. The fourth-order valence-corrected chi connectivity index (χ4v) is 1.91. The Morgan fingerprint density at radius 1 is 1.42 bits per heavy atom. The summed E-state index contributed by atoms with van der Waals surface area (Å²) >= 11 is -0.260. The maximum absolute atomic E-state index is 11.8. The van der Waals surface area contributed by atoms with Gasteiger partial charge in [0.25, 0.3) is 0 Å². The van der Waals surface area contributed by atoms with Crippen LogP contribution in [0.3, 0.4) is 0 Å². The van der Waals surface area contributed by atoms with Crippen LogP contribution in [0.15, 0.2) is 0 Å². The molecule has 10 heteroatoms. The summed E-state index contributed by atoms with van der Waals surface area (Å²) in [5.74, 6) is -1.57. The van der Waals surface area contributed by atoms with Crippen LogP contribution in [-0.4, -0.2) is 53.7 Å². The highest BCUT2D eigenvalue weighted by atomic mass is 32.2. The predicted octanol–water partition coefficient (Wildman–Crippen LogP) is 0.782. The van der Waals surface area contributed by atoms with Gasteiger partial charge >= 0.3 is 17.5 Å². The van der Waals surface area contributed by atoms with E-state index in [1.54, 1.807) is 0 Å². The Bertz CT molecular complexity index is 345. The maximum atomic E-state index is 11.8. The molecule has 0 aromatic carbocycles. The standard InChI is InChI=1S/C9H13F3N2O4S/c10-9(11,12)19-4-2-13-7(17)14-8(6(15)16)1-3-18-5-8/h1-5H2,(H,15,16)(H2,13,14,17). The van der Waals surface area contributed by atoms with Crippen molar-refractivity contribution in [2.45, 2.75) is 17.5 Å². The van der Waals surface area contributed by atoms with Crippen LogP contribution in [0.4, 0.5) is 18.0 Å². The molecule has 1 atom stereocenters. The van der Waals surface area contributed by atoms with E-state index in [0.717, 1.165) is 0 Å². The number of carboxylic acids is 1. The topological polar surface area (TPSA) is 87.7 Å². The Hall–Kier alpha value is -1.16. The van der Waals surface area contributed by atoms with Crippen molar-refractivity contribution in [3.8, 4) is 0 Å². The van der Waals surface area contributed by atoms with Crippen molar-refractivity contribution in [2.75, 3.05) is 25.5 Å². The van der Waals surface area contributed by atoms with Crippen molar-refractivity contribution < 1.29 is 32.6 Å². The highest BCUT2D eigenvalue weighted by Crippen LogP contribution is 2.29. The van der Waals surface area contributed by atoms with Gasteiger partial charge in [-0.3, -0.25) is 0 Å². The molecule has 0 spiro atoms. The van der Waals surface area contributed by atoms with Gasteiger partial charge in [-0.25, -0.2) is 9.59 Å². The summed E-state index contributed by atoms with van der Waals surface area (Å²) in [5, 5.41) is 13.4. The number of amides is 2. The number of carbonyl (C=O) groups excluding carboxylic acids is 1. The molecule has 0 radical (unpaired) electrons. The molecule has 1 heterocycles. The SMILES string of the molecule is O=C(NCCSC(F)(F)F)NC1(C(=O)O)CCOC1. The zero-order valence-corrected chi connectivity index (χ0v) is 10.6. The van der Waals surface area contributed by atoms with E-state index >= 15 is 0 Å². The molecule has 0 aliphatic carbocycles. The number of halogens is 3. The first kappa shape index (κ1) is 15.9. The molecule has 1 aliphatic rings. The smallest absolute Gasteiger partial charge is 0.441 e. The Kier molecular flexibility index (Phi) is 5.29. The van der Waals surface area contributed by atoms with E-state index in [4.69, 9.17) is 9.84 Å². The molecular formula is C9H13F3N2O4S. The van der Waals surface area contributed by atoms with Gasteiger partial charge in [-0.2, -0.15) is 13.2 Å². The van der Waals surface area contributed by atoms with Crippen LogP contribution in [0.5, 0.6) is 0 Å². The van der Waals surface area contributed by atoms with Gasteiger partial charge in [-0.1, -0.05) is 0 Å². The van der Waals surface area contributed by atoms with Crippen molar-refractivity contribution >= 4 is 23.8 Å². The lowest BCUT2D eigenvalue weighted by atomic mass is 9.99. The summed E-state index contributed by atoms with van der Waals surface area (Å²) < 4.78 is 40.4. The van der Waals surface area contributed by atoms with Gasteiger partial charge in [0.15, 0.2) is 5.54 Å². The fourth-order valence-electron chi connectivity index (χ4n) is 1.48. The number of carboxylic acid groups (broad SMARTS) is 1. The van der Waals surface area contributed by atoms with Crippen molar-refractivity contribution in [1.29, 1.82) is 0 Å². The van der Waals surface area contributed by atoms with Gasteiger partial charge in [0, 0.05) is 25.3 Å². The average Bonchev–Trinajstić information content (AvgIpc) is 2.73. The van der Waals surface area contributed by atoms with Gasteiger partial charge in [0.1, 0.15) is 0 Å². The van der Waals surface area contributed by atoms with E-state index in [1.807, 2.05) is 0 Å². The molecule has 1 unspecified atom stereocenters. The third-order valence-electron chi connectivity index (χ3n) is 2.44. The molecule has 1 aliphatic heterocycles. The molecule has 1 rings (SSSR count). The Morgan fingerprint density at radius 2 is 2.11 bits per heavy atom. The van der Waals surface area contributed by atoms with E-state index in [9.17, 15) is 22.8 Å². The van der Waals surface area contributed by atoms with E-state index in [1.165, 1.54) is 0 Å². The lowest BCUT2D eigenvalue weighted by Crippen LogP contribution is -2.57. The number of nitrogens with one attached hydrogen (secondary N) is 2. The van der Waals surface area contributed by atoms with Crippen molar-refractivity contribution in [1.82, 2.24) is 10.6 Å². The number of ether oxygens (including phenoxy) is 1. The molecule has 6 nitrogen and oxygen atoms in total. The number of alkyl halides is 3. The monoisotopic (exact) mass is 302 g/mol. The second-order valence-corrected chi connectivity index (χ2v) is 5.02. The van der Waals surface area contributed by atoms with Crippen LogP contribution >= 0.6 is 11.8 Å². The largest absolute Gasteiger partial charge is 0.479 e. The van der Waals surface area contributed by atoms with Crippen LogP contribution in [-0.2, 0) is 9.53 Å². The zero-order chi connectivity index (χ0) is 14.5. The first-order valence-electron chi connectivity index (χ1n) is 5.33. The first-order chi connectivity index (χ1) is 8.75. The van der Waals surface area contributed by atoms with E-state index in [0.29, 0.717) is 0 Å². The first-order valence-corrected chi connectivity index (χ1v) is 6.32. The number of rotatable bonds is 5. The van der Waals surface area contributed by atoms with Gasteiger partial charge in [0.05, 0.1) is 6.61 Å². The van der Waals surface area contributed by atoms with Crippen molar-refractivity contribution in [3.05, 3.63) is 0 Å². The lowest BCUT2D eigenvalue weighted by molar-refractivity contribution is -0.144. The van der Waals surface area contributed by atoms with Crippen LogP contribution in [0.25, 0.3) is 0 Å². The molecule has 19 heavy (non-hydrogen) atoms. The van der Waals surface area contributed by atoms with E-state index in [-0.39, 0.29) is 43.7 Å². The minimum atomic E-state index is -4.35. The molecule has 3 N–H and O–H groups in total. The summed E-state index contributed by atoms with van der Waals surface area (Å²) in [4.78, 5) is 22.4. The Labute approximate surface area is 111 Å². The molecule has 1 fully saturated rings. The lowest BCUT2D eigenvalue weighted by Gasteiger charge is -2.23. The number of hydrogen-bond acceptors (Lipinski definition) is 4. The zero-order valence-electron chi connectivity index (χ0n) is 9.75. The molecular weight excluding hydrogens is 289 g/mol. The van der Waals surface area contributed by atoms with Gasteiger partial charge in [-0.05, 0) is 11.8 Å². The van der Waals surface area contributed by atoms with Crippen LogP contribution in [0.2, 0.25) is 0 Å². The summed E-state index contributed by atoms with van der Waals surface area (Å²) in [7, 11) is 0. The molecule has 0 aromatic rings. The minimum Gasteiger partial charge on any atom is -0.479 e. The highest BCUT2D eigenvalue weighted by Gasteiger charge is 2.44. The van der Waals surface area contributed by atoms with Crippen molar-refractivity contribution in [2.24, 2.45) is 0 Å². The third-order valence-corrected chi connectivity index (χ3v) is 3.17. The Balaban J connectivity index is 2.32. The second kappa shape index (κ2) is 6.33. The number of carbonyl (C=O) groups is 2. The third kappa shape index (κ3) is 5.15. The highest BCUT2D eigenvalue weighted by molar-refractivity contribution is 8.00. The van der Waals surface area contributed by atoms with Crippen LogP contribution in [0, 0.1) is 0 Å². The van der Waals surface area contributed by atoms with Gasteiger partial charge < -0.3 is 20.5 Å². The van der Waals surface area contributed by atoms with Crippen molar-refractivity contribution in [3.63, 3.8) is 0 Å². The number of urea groups is 1. The number of thioether (sulfide) groups is 1. The van der Waals surface area contributed by atoms with Crippen LogP contribution < -0.4 is 10.6 Å². The number of aliphatic carboxylic acids is 1. The summed E-state index contributed by atoms with van der Waals surface area (Å²) in [5.41, 5.74) is -5.85. The summed E-state index contributed by atoms with van der Waals surface area (Å²) in [6.07, 6.45) is 0.118. The fraction of sp³-hybridized carbons (Fsp3) is 0.778. The summed E-state index contributed by atoms with van der Waals surface area (Å²) in [6.45, 7) is -0.171. The van der Waals surface area contributed by atoms with E-state index < -0.39 is 23.0 Å². The van der Waals surface area contributed by atoms with Crippen LogP contribution in [0.1, 0.15) is 6.42 Å². The molecule has 2 amide bonds. The molecule has 0 aromatic heterocycles. The molecule has 0 saturated carbocycles. The minimum absolute atomic E-state index is 0.118. The summed E-state index contributed by atoms with van der Waals surface area (Å²) in [6, 6.07) is -0.823. The maximum Gasteiger partial charge on any atom is 0.441 e. The normalized spacial score (nSPS) is 23.1. The molecule has 1 saturated heterocycles.